The van der Waals surface area contributed by atoms with E-state index in [4.69, 9.17) is 9.47 Å². The molecule has 1 spiro atoms. The third kappa shape index (κ3) is 1.80. The molecule has 12 atom stereocenters. The second kappa shape index (κ2) is 6.35. The molecule has 6 aliphatic rings. The maximum absolute atomic E-state index is 13.2. The Morgan fingerprint density at radius 2 is 1.92 bits per heavy atom. The quantitative estimate of drug-likeness (QED) is 0.228. The highest BCUT2D eigenvalue weighted by atomic mass is 16.7. The lowest BCUT2D eigenvalue weighted by molar-refractivity contribution is -0.390. The van der Waals surface area contributed by atoms with E-state index in [1.165, 1.54) is 33.0 Å². The largest absolute Gasteiger partial charge is 0.451 e. The van der Waals surface area contributed by atoms with Gasteiger partial charge < -0.3 is 50.2 Å². The second-order valence-electron chi connectivity index (χ2n) is 12.3. The fraction of sp³-hybridized carbons (Fsp3) is 0.800. The van der Waals surface area contributed by atoms with Gasteiger partial charge in [-0.2, -0.15) is 0 Å². The highest BCUT2D eigenvalue weighted by molar-refractivity contribution is 5.87. The molecule has 36 heavy (non-hydrogen) atoms. The molecule has 200 valence electrons. The molecule has 0 amide bonds. The van der Waals surface area contributed by atoms with Crippen LogP contribution in [0.3, 0.4) is 0 Å². The minimum absolute atomic E-state index is 0.0109. The van der Waals surface area contributed by atoms with Crippen molar-refractivity contribution >= 4 is 5.97 Å². The van der Waals surface area contributed by atoms with Crippen LogP contribution in [0, 0.1) is 22.7 Å². The van der Waals surface area contributed by atoms with Gasteiger partial charge in [-0.05, 0) is 37.8 Å². The summed E-state index contributed by atoms with van der Waals surface area (Å²) in [4.78, 5) is 15.9. The van der Waals surface area contributed by atoms with Crippen molar-refractivity contribution in [1.29, 1.82) is 0 Å². The van der Waals surface area contributed by atoms with Crippen molar-refractivity contribution in [1.82, 2.24) is 4.98 Å². The number of H-pyrrole nitrogens is 1. The summed E-state index contributed by atoms with van der Waals surface area (Å²) in [6.45, 7) is 5.25. The molecule has 2 aliphatic heterocycles. The predicted molar refractivity (Wildman–Crippen MR) is 120 cm³/mol. The third-order valence-electron chi connectivity index (χ3n) is 11.5. The third-order valence-corrected chi connectivity index (χ3v) is 11.5. The van der Waals surface area contributed by atoms with Gasteiger partial charge in [0.2, 0.25) is 0 Å². The molecule has 2 saturated heterocycles. The van der Waals surface area contributed by atoms with Gasteiger partial charge in [0.15, 0.2) is 17.5 Å². The van der Waals surface area contributed by atoms with Gasteiger partial charge in [-0.25, -0.2) is 4.79 Å². The van der Waals surface area contributed by atoms with Crippen LogP contribution >= 0.6 is 0 Å². The molecule has 11 nitrogen and oxygen atoms in total. The van der Waals surface area contributed by atoms with Crippen molar-refractivity contribution in [2.24, 2.45) is 22.7 Å². The Labute approximate surface area is 207 Å². The van der Waals surface area contributed by atoms with Crippen LogP contribution in [0.25, 0.3) is 0 Å². The van der Waals surface area contributed by atoms with E-state index in [2.05, 4.69) is 4.98 Å². The zero-order chi connectivity index (χ0) is 26.5. The molecule has 7 rings (SSSR count). The smallest absolute Gasteiger partial charge is 0.355 e. The van der Waals surface area contributed by atoms with Gasteiger partial charge in [0, 0.05) is 30.6 Å². The lowest BCUT2D eigenvalue weighted by Crippen LogP contribution is -2.75. The maximum Gasteiger partial charge on any atom is 0.355 e. The van der Waals surface area contributed by atoms with E-state index in [0.29, 0.717) is 6.42 Å². The van der Waals surface area contributed by atoms with Gasteiger partial charge in [0.1, 0.15) is 28.1 Å². The van der Waals surface area contributed by atoms with Crippen molar-refractivity contribution < 1.29 is 50.0 Å². The molecule has 6 bridgehead atoms. The van der Waals surface area contributed by atoms with E-state index >= 15 is 0 Å². The lowest BCUT2D eigenvalue weighted by Gasteiger charge is -2.60. The topological polar surface area (TPSA) is 193 Å². The van der Waals surface area contributed by atoms with Crippen LogP contribution in [-0.2, 0) is 9.47 Å². The fourth-order valence-corrected chi connectivity index (χ4v) is 9.57. The summed E-state index contributed by atoms with van der Waals surface area (Å²) in [5, 5.41) is 84.2. The van der Waals surface area contributed by atoms with Crippen LogP contribution in [0.1, 0.15) is 57.4 Å². The van der Waals surface area contributed by atoms with Crippen molar-refractivity contribution in [3.63, 3.8) is 0 Å². The number of aliphatic hydroxyl groups is 7. The van der Waals surface area contributed by atoms with Gasteiger partial charge >= 0.3 is 5.97 Å². The number of ether oxygens (including phenoxy) is 2. The molecular formula is C25H35NO10. The first kappa shape index (κ1) is 24.7. The Hall–Kier alpha value is -1.57. The molecule has 3 heterocycles. The van der Waals surface area contributed by atoms with E-state index < -0.39 is 87.7 Å². The van der Waals surface area contributed by atoms with Crippen LogP contribution in [0.15, 0.2) is 18.3 Å². The van der Waals surface area contributed by atoms with Gasteiger partial charge in [0.05, 0.1) is 11.5 Å². The van der Waals surface area contributed by atoms with E-state index in [1.807, 2.05) is 0 Å². The summed E-state index contributed by atoms with van der Waals surface area (Å²) >= 11 is 0. The molecule has 8 N–H and O–H groups in total. The zero-order valence-corrected chi connectivity index (χ0v) is 20.7. The average molecular weight is 510 g/mol. The summed E-state index contributed by atoms with van der Waals surface area (Å²) in [6, 6.07) is 2.99. The number of aliphatic hydroxyl groups excluding tert-OH is 2. The number of hydrogen-bond donors (Lipinski definition) is 8. The minimum atomic E-state index is -2.70. The molecule has 1 aromatic rings. The van der Waals surface area contributed by atoms with Gasteiger partial charge in [0.25, 0.3) is 0 Å². The van der Waals surface area contributed by atoms with Crippen LogP contribution < -0.4 is 0 Å². The number of rotatable bonds is 4. The van der Waals surface area contributed by atoms with E-state index in [1.54, 1.807) is 13.0 Å². The van der Waals surface area contributed by atoms with E-state index in [0.717, 1.165) is 0 Å². The number of esters is 1. The number of carbonyl (C=O) groups is 1. The summed E-state index contributed by atoms with van der Waals surface area (Å²) in [5.74, 6) is -4.97. The fourth-order valence-electron chi connectivity index (χ4n) is 9.57. The zero-order valence-electron chi connectivity index (χ0n) is 20.7. The first-order chi connectivity index (χ1) is 16.6. The number of hydrogen-bond acceptors (Lipinski definition) is 10. The number of aromatic nitrogens is 1. The highest BCUT2D eigenvalue weighted by Crippen LogP contribution is 2.90. The van der Waals surface area contributed by atoms with Crippen molar-refractivity contribution in [2.45, 2.75) is 93.0 Å². The molecule has 6 fully saturated rings. The van der Waals surface area contributed by atoms with Gasteiger partial charge in [-0.1, -0.05) is 20.8 Å². The molecule has 4 aliphatic carbocycles. The summed E-state index contributed by atoms with van der Waals surface area (Å²) in [6.07, 6.45) is -2.05. The molecule has 1 aromatic heterocycles. The monoisotopic (exact) mass is 509 g/mol. The molecule has 11 heteroatoms. The first-order valence-corrected chi connectivity index (χ1v) is 12.5. The lowest BCUT2D eigenvalue weighted by atomic mass is 9.52. The molecule has 0 radical (unpaired) electrons. The Morgan fingerprint density at radius 3 is 2.50 bits per heavy atom. The molecular weight excluding hydrogens is 474 g/mol. The van der Waals surface area contributed by atoms with Crippen molar-refractivity contribution in [3.8, 4) is 0 Å². The number of nitrogens with one attached hydrogen (secondary N) is 1. The summed E-state index contributed by atoms with van der Waals surface area (Å²) in [5.41, 5.74) is -16.1. The normalized spacial score (nSPS) is 59.2. The van der Waals surface area contributed by atoms with Crippen molar-refractivity contribution in [3.05, 3.63) is 24.0 Å². The molecule has 2 unspecified atom stereocenters. The molecule has 0 aromatic carbocycles. The van der Waals surface area contributed by atoms with Crippen LogP contribution in [0.2, 0.25) is 0 Å². The first-order valence-electron chi connectivity index (χ1n) is 12.5. The Bertz CT molecular complexity index is 1150. The maximum atomic E-state index is 13.2. The van der Waals surface area contributed by atoms with Crippen LogP contribution in [0.5, 0.6) is 0 Å². The molecule has 4 saturated carbocycles. The highest BCUT2D eigenvalue weighted by Gasteiger charge is 3.10. The number of aromatic amines is 1. The Morgan fingerprint density at radius 1 is 1.25 bits per heavy atom. The van der Waals surface area contributed by atoms with E-state index in [9.17, 15) is 40.5 Å². The predicted octanol–water partition coefficient (Wildman–Crippen LogP) is -1.22. The van der Waals surface area contributed by atoms with Crippen LogP contribution in [0.4, 0.5) is 0 Å². The summed E-state index contributed by atoms with van der Waals surface area (Å²) < 4.78 is 12.0. The second-order valence-corrected chi connectivity index (χ2v) is 12.3. The minimum Gasteiger partial charge on any atom is -0.451 e. The van der Waals surface area contributed by atoms with Crippen LogP contribution in [-0.4, -0.2) is 99.3 Å². The van der Waals surface area contributed by atoms with Gasteiger partial charge in [-0.3, -0.25) is 0 Å². The standard InChI is InChI=1S/C25H35NO10/c1-12-7-8-20(30)18(3)11-21(31)19(4)22(32,13(2)10-27)17(35-16(29)14-6-5-9-26-14)23(18,33)25(19,34)24(20,36-21)15(12)28/h5-6,9,12-13,15,17,26-28,30-34H,7-8,10-11H2,1-4H3/t12-,13-,15?,17+,18+,19-,20-,21+,22+,23+,24?,25+/m0/s1. The average Bonchev–Trinajstić information content (AvgIpc) is 3.45. The SMILES string of the molecule is C[C@H]1CC[C@@]2(O)C3(O[C@]4(O)C[C@@]2(C)[C@]2(O)[C@H](OC(=O)c5ccc[nH]5)[C@](O)([C@@H](C)CO)[C@@]4(C)[C@]32O)C1O. The Balaban J connectivity index is 1.69. The number of carbonyl (C=O) groups excluding carboxylic acids is 1. The van der Waals surface area contributed by atoms with Gasteiger partial charge in [-0.15, -0.1) is 0 Å². The Kier molecular flexibility index (Phi) is 4.36. The van der Waals surface area contributed by atoms with E-state index in [-0.39, 0.29) is 12.1 Å². The van der Waals surface area contributed by atoms with Crippen molar-refractivity contribution in [2.75, 3.05) is 6.61 Å². The summed E-state index contributed by atoms with van der Waals surface area (Å²) in [7, 11) is 0.